The number of nitrogens with zero attached hydrogens (tertiary/aromatic N) is 2. The van der Waals surface area contributed by atoms with Gasteiger partial charge in [0, 0.05) is 5.02 Å². The average Bonchev–Trinajstić information content (AvgIpc) is 2.56. The molecule has 1 N–H and O–H groups in total. The number of anilines is 1. The summed E-state index contributed by atoms with van der Waals surface area (Å²) in [5.41, 5.74) is 1.22. The van der Waals surface area contributed by atoms with Crippen molar-refractivity contribution in [2.75, 3.05) is 5.32 Å². The van der Waals surface area contributed by atoms with Crippen molar-refractivity contribution < 1.29 is 4.79 Å². The van der Waals surface area contributed by atoms with Gasteiger partial charge in [-0.3, -0.25) is 4.79 Å². The summed E-state index contributed by atoms with van der Waals surface area (Å²) < 4.78 is 0. The summed E-state index contributed by atoms with van der Waals surface area (Å²) in [6.07, 6.45) is 1.40. The van der Waals surface area contributed by atoms with E-state index in [0.29, 0.717) is 26.9 Å². The second kappa shape index (κ2) is 7.47. The maximum atomic E-state index is 12.2. The summed E-state index contributed by atoms with van der Waals surface area (Å²) in [5.74, 6) is -0.612. The number of nitriles is 2. The largest absolute Gasteiger partial charge is 0.320 e. The lowest BCUT2D eigenvalue weighted by Gasteiger charge is -2.07. The van der Waals surface area contributed by atoms with Crippen LogP contribution in [0.5, 0.6) is 0 Å². The van der Waals surface area contributed by atoms with E-state index in [-0.39, 0.29) is 5.57 Å². The van der Waals surface area contributed by atoms with E-state index in [9.17, 15) is 10.1 Å². The summed E-state index contributed by atoms with van der Waals surface area (Å²) in [6, 6.07) is 15.0. The summed E-state index contributed by atoms with van der Waals surface area (Å²) in [4.78, 5) is 12.2. The van der Waals surface area contributed by atoms with Gasteiger partial charge in [-0.25, -0.2) is 0 Å². The first-order valence-corrected chi connectivity index (χ1v) is 7.17. The van der Waals surface area contributed by atoms with Crippen LogP contribution in [0.3, 0.4) is 0 Å². The van der Waals surface area contributed by atoms with Crippen LogP contribution < -0.4 is 5.32 Å². The molecule has 0 aliphatic rings. The molecule has 0 saturated heterocycles. The Bertz CT molecular complexity index is 876. The molecule has 0 aliphatic carbocycles. The van der Waals surface area contributed by atoms with Crippen molar-refractivity contribution in [3.8, 4) is 12.1 Å². The third-order valence-corrected chi connectivity index (χ3v) is 3.43. The number of hydrogen-bond acceptors (Lipinski definition) is 3. The van der Waals surface area contributed by atoms with Gasteiger partial charge in [-0.05, 0) is 42.0 Å². The fraction of sp³-hybridized carbons (Fsp3) is 0. The van der Waals surface area contributed by atoms with Crippen LogP contribution in [0.15, 0.2) is 48.0 Å². The number of amides is 1. The number of carbonyl (C=O) groups is 1. The Morgan fingerprint density at radius 2 is 1.91 bits per heavy atom. The number of nitrogens with one attached hydrogen (secondary N) is 1. The lowest BCUT2D eigenvalue weighted by molar-refractivity contribution is -0.112. The number of carbonyl (C=O) groups excluding carboxylic acids is 1. The van der Waals surface area contributed by atoms with E-state index in [0.717, 1.165) is 0 Å². The predicted octanol–water partition coefficient (Wildman–Crippen LogP) is 4.41. The molecule has 0 radical (unpaired) electrons. The van der Waals surface area contributed by atoms with Gasteiger partial charge in [-0.1, -0.05) is 35.3 Å². The Morgan fingerprint density at radius 3 is 2.61 bits per heavy atom. The maximum absolute atomic E-state index is 12.2. The molecular formula is C17H9Cl2N3O. The smallest absolute Gasteiger partial charge is 0.266 e. The van der Waals surface area contributed by atoms with Crippen molar-refractivity contribution in [2.45, 2.75) is 0 Å². The molecule has 2 aromatic carbocycles. The maximum Gasteiger partial charge on any atom is 0.266 e. The van der Waals surface area contributed by atoms with Gasteiger partial charge < -0.3 is 5.32 Å². The molecule has 0 aromatic heterocycles. The van der Waals surface area contributed by atoms with Gasteiger partial charge in [0.2, 0.25) is 0 Å². The highest BCUT2D eigenvalue weighted by atomic mass is 35.5. The van der Waals surface area contributed by atoms with Crippen LogP contribution in [-0.4, -0.2) is 5.91 Å². The topological polar surface area (TPSA) is 76.7 Å². The minimum Gasteiger partial charge on any atom is -0.320 e. The van der Waals surface area contributed by atoms with Crippen LogP contribution >= 0.6 is 23.2 Å². The minimum atomic E-state index is -0.612. The lowest BCUT2D eigenvalue weighted by Crippen LogP contribution is -2.13. The summed E-state index contributed by atoms with van der Waals surface area (Å²) >= 11 is 11.8. The van der Waals surface area contributed by atoms with Gasteiger partial charge in [0.1, 0.15) is 11.6 Å². The van der Waals surface area contributed by atoms with Crippen molar-refractivity contribution in [1.29, 1.82) is 10.5 Å². The first-order chi connectivity index (χ1) is 11.0. The lowest BCUT2D eigenvalue weighted by atomic mass is 10.1. The molecular weight excluding hydrogens is 333 g/mol. The minimum absolute atomic E-state index is 0.115. The van der Waals surface area contributed by atoms with E-state index >= 15 is 0 Å². The van der Waals surface area contributed by atoms with Crippen molar-refractivity contribution in [2.24, 2.45) is 0 Å². The third kappa shape index (κ3) is 4.34. The van der Waals surface area contributed by atoms with Crippen LogP contribution in [0, 0.1) is 22.7 Å². The second-order valence-corrected chi connectivity index (χ2v) is 5.33. The molecule has 0 heterocycles. The van der Waals surface area contributed by atoms with Gasteiger partial charge in [0.05, 0.1) is 22.3 Å². The van der Waals surface area contributed by atoms with Crippen LogP contribution in [0.1, 0.15) is 11.1 Å². The first-order valence-electron chi connectivity index (χ1n) is 6.42. The van der Waals surface area contributed by atoms with Gasteiger partial charge >= 0.3 is 0 Å². The molecule has 0 spiro atoms. The molecule has 0 fully saturated rings. The highest BCUT2D eigenvalue weighted by Gasteiger charge is 2.12. The fourth-order valence-corrected chi connectivity index (χ4v) is 2.13. The Hall–Kier alpha value is -2.79. The Morgan fingerprint density at radius 1 is 1.13 bits per heavy atom. The van der Waals surface area contributed by atoms with Crippen LogP contribution in [0.25, 0.3) is 6.08 Å². The Kier molecular flexibility index (Phi) is 5.38. The van der Waals surface area contributed by atoms with E-state index in [2.05, 4.69) is 5.32 Å². The summed E-state index contributed by atoms with van der Waals surface area (Å²) in [5, 5.41) is 21.3. The fourth-order valence-electron chi connectivity index (χ4n) is 1.80. The molecule has 2 rings (SSSR count). The zero-order chi connectivity index (χ0) is 16.8. The molecule has 0 atom stereocenters. The van der Waals surface area contributed by atoms with Gasteiger partial charge in [-0.15, -0.1) is 0 Å². The molecule has 0 bridgehead atoms. The second-order valence-electron chi connectivity index (χ2n) is 4.49. The number of rotatable bonds is 3. The van der Waals surface area contributed by atoms with E-state index < -0.39 is 5.91 Å². The number of halogens is 2. The van der Waals surface area contributed by atoms with Crippen LogP contribution in [0.4, 0.5) is 5.69 Å². The summed E-state index contributed by atoms with van der Waals surface area (Å²) in [6.45, 7) is 0. The molecule has 112 valence electrons. The standard InChI is InChI=1S/C17H9Cl2N3O/c18-14-4-5-15(19)16(8-14)22-17(23)13(10-21)7-11-2-1-3-12(6-11)9-20/h1-8H,(H,22,23)/b13-7+. The van der Waals surface area contributed by atoms with E-state index in [1.165, 1.54) is 12.1 Å². The zero-order valence-corrected chi connectivity index (χ0v) is 13.2. The molecule has 23 heavy (non-hydrogen) atoms. The highest BCUT2D eigenvalue weighted by molar-refractivity contribution is 6.36. The number of benzene rings is 2. The zero-order valence-electron chi connectivity index (χ0n) is 11.7. The van der Waals surface area contributed by atoms with Gasteiger partial charge in [-0.2, -0.15) is 10.5 Å². The van der Waals surface area contributed by atoms with E-state index in [1.807, 2.05) is 12.1 Å². The molecule has 6 heteroatoms. The SMILES string of the molecule is N#C/C(=C\c1cccc(C#N)c1)C(=O)Nc1cc(Cl)ccc1Cl. The molecule has 0 unspecified atom stereocenters. The highest BCUT2D eigenvalue weighted by Crippen LogP contribution is 2.26. The quantitative estimate of drug-likeness (QED) is 0.663. The van der Waals surface area contributed by atoms with Crippen molar-refractivity contribution in [3.63, 3.8) is 0 Å². The predicted molar refractivity (Wildman–Crippen MR) is 89.8 cm³/mol. The summed E-state index contributed by atoms with van der Waals surface area (Å²) in [7, 11) is 0. The third-order valence-electron chi connectivity index (χ3n) is 2.87. The molecule has 1 amide bonds. The van der Waals surface area contributed by atoms with Crippen molar-refractivity contribution in [1.82, 2.24) is 0 Å². The van der Waals surface area contributed by atoms with Gasteiger partial charge in [0.25, 0.3) is 5.91 Å². The van der Waals surface area contributed by atoms with Gasteiger partial charge in [0.15, 0.2) is 0 Å². The molecule has 0 saturated carbocycles. The molecule has 4 nitrogen and oxygen atoms in total. The van der Waals surface area contributed by atoms with Crippen molar-refractivity contribution >= 4 is 40.9 Å². The van der Waals surface area contributed by atoms with Crippen molar-refractivity contribution in [3.05, 3.63) is 69.2 Å². The average molecular weight is 342 g/mol. The first kappa shape index (κ1) is 16.6. The van der Waals surface area contributed by atoms with E-state index in [4.69, 9.17) is 28.5 Å². The van der Waals surface area contributed by atoms with Crippen LogP contribution in [-0.2, 0) is 4.79 Å². The molecule has 2 aromatic rings. The Balaban J connectivity index is 2.28. The van der Waals surface area contributed by atoms with Crippen LogP contribution in [0.2, 0.25) is 10.0 Å². The number of hydrogen-bond donors (Lipinski definition) is 1. The van der Waals surface area contributed by atoms with E-state index in [1.54, 1.807) is 36.4 Å². The Labute approximate surface area is 143 Å². The normalized spacial score (nSPS) is 10.5. The monoisotopic (exact) mass is 341 g/mol. The molecule has 0 aliphatic heterocycles.